The number of hydrogen-bond acceptors (Lipinski definition) is 5. The molecule has 0 radical (unpaired) electrons. The van der Waals surface area contributed by atoms with E-state index in [1.54, 1.807) is 4.31 Å². The van der Waals surface area contributed by atoms with Crippen LogP contribution < -0.4 is 9.47 Å². The maximum Gasteiger partial charge on any atom is 0.219 e. The second-order valence-electron chi connectivity index (χ2n) is 6.17. The van der Waals surface area contributed by atoms with Crippen LogP contribution in [-0.2, 0) is 14.8 Å². The fraction of sp³-hybridized carbons (Fsp3) is 0.625. The average Bonchev–Trinajstić information content (AvgIpc) is 3.26. The van der Waals surface area contributed by atoms with Crippen molar-refractivity contribution in [1.29, 1.82) is 0 Å². The van der Waals surface area contributed by atoms with Gasteiger partial charge in [-0.2, -0.15) is 4.31 Å². The van der Waals surface area contributed by atoms with E-state index in [4.69, 9.17) is 14.2 Å². The van der Waals surface area contributed by atoms with Crippen molar-refractivity contribution in [3.8, 4) is 11.5 Å². The summed E-state index contributed by atoms with van der Waals surface area (Å²) in [5, 5.41) is -0.417. The van der Waals surface area contributed by atoms with E-state index in [-0.39, 0.29) is 6.04 Å². The van der Waals surface area contributed by atoms with Crippen molar-refractivity contribution >= 4 is 10.0 Å². The number of ether oxygens (including phenoxy) is 3. The molecule has 4 rings (SSSR count). The highest BCUT2D eigenvalue weighted by atomic mass is 32.2. The van der Waals surface area contributed by atoms with Crippen LogP contribution in [0.5, 0.6) is 11.5 Å². The molecule has 0 bridgehead atoms. The Kier molecular flexibility index (Phi) is 3.95. The van der Waals surface area contributed by atoms with Crippen molar-refractivity contribution in [2.45, 2.75) is 30.6 Å². The Bertz CT molecular complexity index is 684. The molecule has 3 aliphatic heterocycles. The van der Waals surface area contributed by atoms with Crippen molar-refractivity contribution in [2.24, 2.45) is 0 Å². The molecule has 2 saturated heterocycles. The molecule has 2 atom stereocenters. The van der Waals surface area contributed by atoms with Crippen molar-refractivity contribution < 1.29 is 22.6 Å². The topological polar surface area (TPSA) is 65.1 Å². The molecule has 6 nitrogen and oxygen atoms in total. The normalized spacial score (nSPS) is 28.2. The molecule has 126 valence electrons. The lowest BCUT2D eigenvalue weighted by Crippen LogP contribution is -2.39. The first-order chi connectivity index (χ1) is 11.2. The van der Waals surface area contributed by atoms with Crippen LogP contribution in [-0.4, -0.2) is 50.9 Å². The highest BCUT2D eigenvalue weighted by Gasteiger charge is 2.42. The molecule has 0 N–H and O–H groups in total. The van der Waals surface area contributed by atoms with Gasteiger partial charge in [-0.3, -0.25) is 0 Å². The number of nitrogens with zero attached hydrogens (tertiary/aromatic N) is 1. The van der Waals surface area contributed by atoms with Gasteiger partial charge in [0.25, 0.3) is 0 Å². The summed E-state index contributed by atoms with van der Waals surface area (Å²) in [6.45, 7) is 2.43. The van der Waals surface area contributed by atoms with Crippen LogP contribution in [0.2, 0.25) is 0 Å². The predicted octanol–water partition coefficient (Wildman–Crippen LogP) is 1.71. The van der Waals surface area contributed by atoms with Crippen LogP contribution in [0.1, 0.15) is 30.9 Å². The van der Waals surface area contributed by atoms with E-state index in [0.717, 1.165) is 18.4 Å². The zero-order chi connectivity index (χ0) is 15.9. The third-order valence-electron chi connectivity index (χ3n) is 4.80. The summed E-state index contributed by atoms with van der Waals surface area (Å²) < 4.78 is 44.3. The Morgan fingerprint density at radius 2 is 1.96 bits per heavy atom. The Morgan fingerprint density at radius 3 is 2.78 bits per heavy atom. The summed E-state index contributed by atoms with van der Waals surface area (Å²) in [7, 11) is -3.35. The molecular formula is C16H21NO5S. The van der Waals surface area contributed by atoms with Gasteiger partial charge in [-0.05, 0) is 25.3 Å². The molecule has 23 heavy (non-hydrogen) atoms. The van der Waals surface area contributed by atoms with Gasteiger partial charge in [0.1, 0.15) is 18.5 Å². The lowest BCUT2D eigenvalue weighted by atomic mass is 10.0. The van der Waals surface area contributed by atoms with E-state index >= 15 is 0 Å². The van der Waals surface area contributed by atoms with Crippen LogP contribution in [0.15, 0.2) is 18.2 Å². The second kappa shape index (κ2) is 5.96. The number of para-hydroxylation sites is 1. The number of sulfonamides is 1. The Morgan fingerprint density at radius 1 is 1.09 bits per heavy atom. The number of hydrogen-bond donors (Lipinski definition) is 0. The molecule has 2 fully saturated rings. The highest BCUT2D eigenvalue weighted by Crippen LogP contribution is 2.44. The van der Waals surface area contributed by atoms with Crippen molar-refractivity contribution in [2.75, 3.05) is 33.0 Å². The molecule has 1 aromatic carbocycles. The van der Waals surface area contributed by atoms with Gasteiger partial charge in [0, 0.05) is 18.7 Å². The molecule has 0 amide bonds. The standard InChI is InChI=1S/C16H21NO5S/c18-23(19,12-6-8-20-11-12)17-7-2-4-14(17)13-3-1-5-15-16(13)22-10-9-21-15/h1,3,5,12,14H,2,4,6-11H2. The number of benzene rings is 1. The quantitative estimate of drug-likeness (QED) is 0.839. The number of rotatable bonds is 3. The summed E-state index contributed by atoms with van der Waals surface area (Å²) in [4.78, 5) is 0. The third-order valence-corrected chi connectivity index (χ3v) is 7.10. The fourth-order valence-electron chi connectivity index (χ4n) is 3.65. The van der Waals surface area contributed by atoms with E-state index < -0.39 is 15.3 Å². The predicted molar refractivity (Wildman–Crippen MR) is 84.3 cm³/mol. The van der Waals surface area contributed by atoms with E-state index in [1.807, 2.05) is 18.2 Å². The largest absolute Gasteiger partial charge is 0.486 e. The van der Waals surface area contributed by atoms with Gasteiger partial charge >= 0.3 is 0 Å². The van der Waals surface area contributed by atoms with Gasteiger partial charge in [0.05, 0.1) is 12.6 Å². The molecule has 3 heterocycles. The molecule has 0 aliphatic carbocycles. The van der Waals surface area contributed by atoms with Gasteiger partial charge in [0.2, 0.25) is 10.0 Å². The zero-order valence-electron chi connectivity index (χ0n) is 12.9. The molecule has 2 unspecified atom stereocenters. The summed E-state index contributed by atoms with van der Waals surface area (Å²) in [6.07, 6.45) is 2.26. The third kappa shape index (κ3) is 2.60. The summed E-state index contributed by atoms with van der Waals surface area (Å²) in [6, 6.07) is 5.57. The van der Waals surface area contributed by atoms with Gasteiger partial charge in [-0.15, -0.1) is 0 Å². The van der Waals surface area contributed by atoms with Gasteiger partial charge in [0.15, 0.2) is 11.5 Å². The van der Waals surface area contributed by atoms with Crippen molar-refractivity contribution in [1.82, 2.24) is 4.31 Å². The molecule has 0 saturated carbocycles. The summed E-state index contributed by atoms with van der Waals surface area (Å²) in [5.41, 5.74) is 0.919. The molecule has 3 aliphatic rings. The first-order valence-corrected chi connectivity index (χ1v) is 9.65. The fourth-order valence-corrected chi connectivity index (χ4v) is 5.66. The first-order valence-electron chi connectivity index (χ1n) is 8.15. The maximum atomic E-state index is 13.0. The minimum atomic E-state index is -3.35. The summed E-state index contributed by atoms with van der Waals surface area (Å²) >= 11 is 0. The number of fused-ring (bicyclic) bond motifs is 1. The first kappa shape index (κ1) is 15.2. The van der Waals surface area contributed by atoms with Crippen LogP contribution >= 0.6 is 0 Å². The minimum Gasteiger partial charge on any atom is -0.486 e. The molecular weight excluding hydrogens is 318 g/mol. The second-order valence-corrected chi connectivity index (χ2v) is 8.34. The monoisotopic (exact) mass is 339 g/mol. The molecule has 0 spiro atoms. The van der Waals surface area contributed by atoms with Crippen molar-refractivity contribution in [3.05, 3.63) is 23.8 Å². The van der Waals surface area contributed by atoms with Gasteiger partial charge < -0.3 is 14.2 Å². The van der Waals surface area contributed by atoms with E-state index in [9.17, 15) is 8.42 Å². The van der Waals surface area contributed by atoms with Crippen LogP contribution in [0.4, 0.5) is 0 Å². The molecule has 1 aromatic rings. The Hall–Kier alpha value is -1.31. The van der Waals surface area contributed by atoms with E-state index in [2.05, 4.69) is 0 Å². The van der Waals surface area contributed by atoms with Crippen LogP contribution in [0, 0.1) is 0 Å². The van der Waals surface area contributed by atoms with E-state index in [0.29, 0.717) is 50.9 Å². The lowest BCUT2D eigenvalue weighted by molar-refractivity contribution is 0.167. The van der Waals surface area contributed by atoms with Crippen molar-refractivity contribution in [3.63, 3.8) is 0 Å². The Balaban J connectivity index is 1.68. The maximum absolute atomic E-state index is 13.0. The minimum absolute atomic E-state index is 0.169. The van der Waals surface area contributed by atoms with Gasteiger partial charge in [-0.1, -0.05) is 12.1 Å². The van der Waals surface area contributed by atoms with E-state index in [1.165, 1.54) is 0 Å². The molecule has 0 aromatic heterocycles. The Labute approximate surface area is 136 Å². The zero-order valence-corrected chi connectivity index (χ0v) is 13.8. The van der Waals surface area contributed by atoms with Crippen LogP contribution in [0.25, 0.3) is 0 Å². The van der Waals surface area contributed by atoms with Gasteiger partial charge in [-0.25, -0.2) is 8.42 Å². The lowest BCUT2D eigenvalue weighted by Gasteiger charge is -2.29. The SMILES string of the molecule is O=S(=O)(C1CCOC1)N1CCCC1c1cccc2c1OCCO2. The summed E-state index contributed by atoms with van der Waals surface area (Å²) in [5.74, 6) is 1.41. The molecule has 7 heteroatoms. The highest BCUT2D eigenvalue weighted by molar-refractivity contribution is 7.89. The average molecular weight is 339 g/mol. The van der Waals surface area contributed by atoms with Crippen LogP contribution in [0.3, 0.4) is 0 Å². The smallest absolute Gasteiger partial charge is 0.219 e.